The summed E-state index contributed by atoms with van der Waals surface area (Å²) in [5.41, 5.74) is -1.14. The maximum Gasteiger partial charge on any atom is 0.197 e. The minimum atomic E-state index is -1.14. The van der Waals surface area contributed by atoms with Crippen molar-refractivity contribution in [1.82, 2.24) is 0 Å². The summed E-state index contributed by atoms with van der Waals surface area (Å²) in [5.74, 6) is -0.148. The number of halogens is 2. The van der Waals surface area contributed by atoms with Gasteiger partial charge in [-0.3, -0.25) is 0 Å². The van der Waals surface area contributed by atoms with Crippen LogP contribution >= 0.6 is 22.9 Å². The Balaban J connectivity index is 2.72. The average molecular weight is 277 g/mol. The number of alkyl halides is 1. The first-order valence-corrected chi connectivity index (χ1v) is 5.99. The lowest BCUT2D eigenvalue weighted by molar-refractivity contribution is 0.267. The van der Waals surface area contributed by atoms with E-state index in [2.05, 4.69) is 0 Å². The van der Waals surface area contributed by atoms with Gasteiger partial charge in [-0.2, -0.15) is 0 Å². The maximum atomic E-state index is 14.1. The minimum Gasteiger partial charge on any atom is -0.493 e. The molecule has 2 rings (SSSR count). The van der Waals surface area contributed by atoms with Crippen molar-refractivity contribution >= 4 is 33.0 Å². The number of hydrogen-bond acceptors (Lipinski definition) is 4. The van der Waals surface area contributed by atoms with Gasteiger partial charge in [-0.1, -0.05) is 11.6 Å². The number of rotatable bonds is 3. The van der Waals surface area contributed by atoms with Crippen molar-refractivity contribution in [2.24, 2.45) is 0 Å². The van der Waals surface area contributed by atoms with E-state index >= 15 is 0 Å². The highest BCUT2D eigenvalue weighted by Crippen LogP contribution is 2.41. The second kappa shape index (κ2) is 4.68. The Labute approximate surface area is 106 Å². The number of thiophene rings is 1. The Morgan fingerprint density at radius 2 is 2.06 bits per heavy atom. The topological polar surface area (TPSA) is 38.7 Å². The molecule has 0 saturated carbocycles. The molecule has 1 N–H and O–H groups in total. The van der Waals surface area contributed by atoms with Crippen LogP contribution in [0.2, 0.25) is 0 Å². The molecule has 0 aliphatic heterocycles. The molecule has 1 aromatic carbocycles. The Morgan fingerprint density at radius 3 is 2.59 bits per heavy atom. The van der Waals surface area contributed by atoms with E-state index in [1.165, 1.54) is 31.6 Å². The smallest absolute Gasteiger partial charge is 0.197 e. The summed E-state index contributed by atoms with van der Waals surface area (Å²) in [6.45, 7) is 0. The van der Waals surface area contributed by atoms with Crippen LogP contribution in [0.25, 0.3) is 10.1 Å². The lowest BCUT2D eigenvalue weighted by atomic mass is 10.2. The third kappa shape index (κ3) is 2.06. The van der Waals surface area contributed by atoms with Gasteiger partial charge in [0.1, 0.15) is 0 Å². The predicted molar refractivity (Wildman–Crippen MR) is 65.7 cm³/mol. The summed E-state index contributed by atoms with van der Waals surface area (Å²) < 4.78 is 24.7. The first kappa shape index (κ1) is 12.4. The number of aliphatic hydroxyl groups is 1. The summed E-state index contributed by atoms with van der Waals surface area (Å²) >= 11 is 6.77. The van der Waals surface area contributed by atoms with E-state index in [1.807, 2.05) is 0 Å². The van der Waals surface area contributed by atoms with Crippen molar-refractivity contribution in [3.05, 3.63) is 22.8 Å². The summed E-state index contributed by atoms with van der Waals surface area (Å²) in [5, 5.41) is 9.62. The number of aliphatic hydroxyl groups excluding tert-OH is 1. The SMILES string of the molecule is COc1cc2sc(C(O)Cl)cc2c(F)c1OC. The molecule has 1 atom stereocenters. The van der Waals surface area contributed by atoms with Crippen molar-refractivity contribution in [2.45, 2.75) is 5.56 Å². The Kier molecular flexibility index (Phi) is 3.42. The summed E-state index contributed by atoms with van der Waals surface area (Å²) in [6, 6.07) is 3.17. The van der Waals surface area contributed by atoms with Gasteiger partial charge in [-0.25, -0.2) is 4.39 Å². The number of fused-ring (bicyclic) bond motifs is 1. The van der Waals surface area contributed by atoms with Crippen molar-refractivity contribution in [3.63, 3.8) is 0 Å². The highest BCUT2D eigenvalue weighted by Gasteiger charge is 2.18. The molecule has 17 heavy (non-hydrogen) atoms. The van der Waals surface area contributed by atoms with E-state index in [0.29, 0.717) is 20.7 Å². The van der Waals surface area contributed by atoms with Gasteiger partial charge in [0.15, 0.2) is 22.9 Å². The van der Waals surface area contributed by atoms with Crippen molar-refractivity contribution in [1.29, 1.82) is 0 Å². The van der Waals surface area contributed by atoms with Crippen LogP contribution in [0.15, 0.2) is 12.1 Å². The Hall–Kier alpha value is -1.04. The first-order chi connectivity index (χ1) is 8.08. The van der Waals surface area contributed by atoms with Crippen LogP contribution in [-0.4, -0.2) is 19.3 Å². The lowest BCUT2D eigenvalue weighted by Crippen LogP contribution is -1.93. The summed E-state index contributed by atoms with van der Waals surface area (Å²) in [7, 11) is 2.81. The molecule has 6 heteroatoms. The van der Waals surface area contributed by atoms with Gasteiger partial charge in [0, 0.05) is 21.0 Å². The van der Waals surface area contributed by atoms with E-state index in [4.69, 9.17) is 21.1 Å². The molecule has 1 aromatic heterocycles. The monoisotopic (exact) mass is 276 g/mol. The predicted octanol–water partition coefficient (Wildman–Crippen LogP) is 3.29. The van der Waals surface area contributed by atoms with Crippen LogP contribution in [0.5, 0.6) is 11.5 Å². The van der Waals surface area contributed by atoms with E-state index in [-0.39, 0.29) is 5.75 Å². The van der Waals surface area contributed by atoms with Crippen molar-refractivity contribution in [3.8, 4) is 11.5 Å². The minimum absolute atomic E-state index is 0.0495. The molecular weight excluding hydrogens is 267 g/mol. The molecular formula is C11H10ClFO3S. The van der Waals surface area contributed by atoms with Crippen LogP contribution in [0.4, 0.5) is 4.39 Å². The van der Waals surface area contributed by atoms with Crippen LogP contribution in [0, 0.1) is 5.82 Å². The molecule has 0 bridgehead atoms. The van der Waals surface area contributed by atoms with Crippen LogP contribution in [0.3, 0.4) is 0 Å². The summed E-state index contributed by atoms with van der Waals surface area (Å²) in [4.78, 5) is 0.482. The number of benzene rings is 1. The molecule has 0 radical (unpaired) electrons. The Morgan fingerprint density at radius 1 is 1.35 bits per heavy atom. The zero-order chi connectivity index (χ0) is 12.6. The lowest BCUT2D eigenvalue weighted by Gasteiger charge is -2.08. The van der Waals surface area contributed by atoms with Gasteiger partial charge in [0.25, 0.3) is 0 Å². The molecule has 0 saturated heterocycles. The molecule has 92 valence electrons. The largest absolute Gasteiger partial charge is 0.493 e. The van der Waals surface area contributed by atoms with E-state index in [0.717, 1.165) is 0 Å². The fraction of sp³-hybridized carbons (Fsp3) is 0.273. The molecule has 0 aliphatic carbocycles. The zero-order valence-electron chi connectivity index (χ0n) is 9.16. The van der Waals surface area contributed by atoms with Crippen LogP contribution in [-0.2, 0) is 0 Å². The summed E-state index contributed by atoms with van der Waals surface area (Å²) in [6.07, 6.45) is 0. The first-order valence-electron chi connectivity index (χ1n) is 4.74. The van der Waals surface area contributed by atoms with Gasteiger partial charge >= 0.3 is 0 Å². The molecule has 0 fully saturated rings. The molecule has 0 spiro atoms. The highest BCUT2D eigenvalue weighted by atomic mass is 35.5. The van der Waals surface area contributed by atoms with Crippen molar-refractivity contribution < 1.29 is 19.0 Å². The third-order valence-corrected chi connectivity index (χ3v) is 3.86. The van der Waals surface area contributed by atoms with Gasteiger partial charge in [0.2, 0.25) is 0 Å². The molecule has 3 nitrogen and oxygen atoms in total. The highest BCUT2D eigenvalue weighted by molar-refractivity contribution is 7.19. The van der Waals surface area contributed by atoms with Gasteiger partial charge in [-0.15, -0.1) is 11.3 Å². The van der Waals surface area contributed by atoms with E-state index in [1.54, 1.807) is 6.07 Å². The fourth-order valence-corrected chi connectivity index (χ4v) is 2.73. The van der Waals surface area contributed by atoms with Gasteiger partial charge in [-0.05, 0) is 6.07 Å². The Bertz CT molecular complexity index is 553. The number of ether oxygens (including phenoxy) is 2. The number of hydrogen-bond donors (Lipinski definition) is 1. The second-order valence-electron chi connectivity index (χ2n) is 3.32. The molecule has 0 amide bonds. The zero-order valence-corrected chi connectivity index (χ0v) is 10.7. The average Bonchev–Trinajstić information content (AvgIpc) is 2.73. The van der Waals surface area contributed by atoms with Crippen LogP contribution in [0.1, 0.15) is 10.4 Å². The fourth-order valence-electron chi connectivity index (χ4n) is 1.58. The van der Waals surface area contributed by atoms with E-state index < -0.39 is 11.4 Å². The van der Waals surface area contributed by atoms with Gasteiger partial charge < -0.3 is 14.6 Å². The molecule has 0 aliphatic rings. The quantitative estimate of drug-likeness (QED) is 0.875. The molecule has 1 heterocycles. The molecule has 1 unspecified atom stereocenters. The van der Waals surface area contributed by atoms with Gasteiger partial charge in [0.05, 0.1) is 14.2 Å². The second-order valence-corrected chi connectivity index (χ2v) is 4.85. The normalized spacial score (nSPS) is 12.8. The van der Waals surface area contributed by atoms with E-state index in [9.17, 15) is 9.50 Å². The standard InChI is InChI=1S/C11H10ClFO3S/c1-15-6-4-7-5(9(13)10(6)16-2)3-8(17-7)11(12)14/h3-4,11,14H,1-2H3. The van der Waals surface area contributed by atoms with Crippen LogP contribution < -0.4 is 9.47 Å². The third-order valence-electron chi connectivity index (χ3n) is 2.36. The molecule has 2 aromatic rings. The number of methoxy groups -OCH3 is 2. The van der Waals surface area contributed by atoms with Crippen molar-refractivity contribution in [2.75, 3.05) is 14.2 Å². The maximum absolute atomic E-state index is 14.1.